The lowest BCUT2D eigenvalue weighted by Gasteiger charge is -2.10. The fraction of sp³-hybridized carbons (Fsp3) is 0.250. The van der Waals surface area contributed by atoms with E-state index in [1.54, 1.807) is 32.0 Å². The molecule has 0 radical (unpaired) electrons. The predicted molar refractivity (Wildman–Crippen MR) is 124 cm³/mol. The Balaban J connectivity index is 1.50. The lowest BCUT2D eigenvalue weighted by molar-refractivity contribution is 0.0479. The molecule has 0 amide bonds. The van der Waals surface area contributed by atoms with Gasteiger partial charge in [0.2, 0.25) is 5.78 Å². The van der Waals surface area contributed by atoms with Crippen molar-refractivity contribution >= 4 is 33.3 Å². The number of ketones is 1. The minimum absolute atomic E-state index is 0.253. The first-order valence-corrected chi connectivity index (χ1v) is 11.1. The lowest BCUT2D eigenvalue weighted by atomic mass is 10.1. The summed E-state index contributed by atoms with van der Waals surface area (Å²) in [4.78, 5) is 45.3. The van der Waals surface area contributed by atoms with Crippen molar-refractivity contribution in [3.05, 3.63) is 85.3 Å². The molecule has 0 atom stereocenters. The van der Waals surface area contributed by atoms with Gasteiger partial charge in [0.1, 0.15) is 21.3 Å². The van der Waals surface area contributed by atoms with Gasteiger partial charge in [-0.2, -0.15) is 0 Å². The summed E-state index contributed by atoms with van der Waals surface area (Å²) < 4.78 is 20.4. The Bertz CT molecular complexity index is 1450. The van der Waals surface area contributed by atoms with Crippen LogP contribution in [0.3, 0.4) is 0 Å². The number of halogens is 1. The number of hydrogen-bond donors (Lipinski definition) is 1. The second kappa shape index (κ2) is 8.74. The van der Waals surface area contributed by atoms with E-state index in [9.17, 15) is 18.8 Å². The number of nitrogens with one attached hydrogen (secondary N) is 1. The van der Waals surface area contributed by atoms with E-state index in [1.807, 2.05) is 18.4 Å². The average molecular weight is 468 g/mol. The van der Waals surface area contributed by atoms with Gasteiger partial charge in [0.15, 0.2) is 6.61 Å². The normalized spacial score (nSPS) is 11.2. The van der Waals surface area contributed by atoms with E-state index < -0.39 is 12.6 Å². The molecule has 9 heteroatoms. The van der Waals surface area contributed by atoms with E-state index in [0.29, 0.717) is 33.7 Å². The summed E-state index contributed by atoms with van der Waals surface area (Å²) in [5, 5.41) is 0.355. The van der Waals surface area contributed by atoms with Crippen LogP contribution in [0.5, 0.6) is 0 Å². The molecule has 0 aliphatic rings. The zero-order valence-electron chi connectivity index (χ0n) is 18.6. The van der Waals surface area contributed by atoms with Crippen molar-refractivity contribution < 1.29 is 18.7 Å². The molecule has 0 saturated carbocycles. The van der Waals surface area contributed by atoms with Crippen LogP contribution in [0.15, 0.2) is 35.1 Å². The number of hydrogen-bond acceptors (Lipinski definition) is 6. The average Bonchev–Trinajstić information content (AvgIpc) is 3.24. The van der Waals surface area contributed by atoms with Gasteiger partial charge in [0, 0.05) is 23.5 Å². The first kappa shape index (κ1) is 22.6. The van der Waals surface area contributed by atoms with E-state index in [0.717, 1.165) is 28.3 Å². The van der Waals surface area contributed by atoms with Crippen LogP contribution in [-0.4, -0.2) is 32.9 Å². The summed E-state index contributed by atoms with van der Waals surface area (Å²) in [6.45, 7) is 7.10. The van der Waals surface area contributed by atoms with Crippen LogP contribution in [0.25, 0.3) is 10.2 Å². The van der Waals surface area contributed by atoms with E-state index in [1.165, 1.54) is 12.1 Å². The van der Waals surface area contributed by atoms with Gasteiger partial charge in [0.25, 0.3) is 5.56 Å². The third kappa shape index (κ3) is 4.36. The minimum Gasteiger partial charge on any atom is -0.453 e. The number of thiophene rings is 1. The third-order valence-corrected chi connectivity index (χ3v) is 6.73. The van der Waals surface area contributed by atoms with Gasteiger partial charge in [-0.1, -0.05) is 12.1 Å². The Morgan fingerprint density at radius 1 is 1.15 bits per heavy atom. The Kier molecular flexibility index (Phi) is 5.99. The number of aromatic nitrogens is 3. The molecule has 0 fully saturated rings. The number of esters is 1. The summed E-state index contributed by atoms with van der Waals surface area (Å²) in [7, 11) is 0. The molecule has 0 spiro atoms. The number of H-pyrrole nitrogens is 1. The SMILES string of the molecule is Cc1nc2sc(C(=O)OCC(=O)c3cc(C)n(Cc4ccc(F)cc4)c3C)c(C)c2c(=O)[nH]1. The smallest absolute Gasteiger partial charge is 0.349 e. The lowest BCUT2D eigenvalue weighted by Crippen LogP contribution is -2.15. The highest BCUT2D eigenvalue weighted by Gasteiger charge is 2.22. The van der Waals surface area contributed by atoms with Gasteiger partial charge in [-0.15, -0.1) is 11.3 Å². The molecule has 3 heterocycles. The van der Waals surface area contributed by atoms with E-state index in [-0.39, 0.29) is 22.0 Å². The molecular weight excluding hydrogens is 445 g/mol. The molecule has 7 nitrogen and oxygen atoms in total. The monoisotopic (exact) mass is 467 g/mol. The third-order valence-electron chi connectivity index (χ3n) is 5.57. The largest absolute Gasteiger partial charge is 0.453 e. The highest BCUT2D eigenvalue weighted by molar-refractivity contribution is 7.20. The Hall–Kier alpha value is -3.59. The molecule has 0 aliphatic heterocycles. The van der Waals surface area contributed by atoms with Gasteiger partial charge in [0.05, 0.1) is 5.39 Å². The number of fused-ring (bicyclic) bond motifs is 1. The van der Waals surface area contributed by atoms with Crippen LogP contribution in [0.2, 0.25) is 0 Å². The van der Waals surface area contributed by atoms with Crippen molar-refractivity contribution in [1.29, 1.82) is 0 Å². The van der Waals surface area contributed by atoms with Gasteiger partial charge in [-0.05, 0) is 57.0 Å². The van der Waals surface area contributed by atoms with Gasteiger partial charge in [-0.25, -0.2) is 14.2 Å². The summed E-state index contributed by atoms with van der Waals surface area (Å²) in [6, 6.07) is 7.95. The molecule has 1 aromatic carbocycles. The van der Waals surface area contributed by atoms with Gasteiger partial charge < -0.3 is 14.3 Å². The van der Waals surface area contributed by atoms with Crippen LogP contribution in [0.4, 0.5) is 4.39 Å². The number of nitrogens with zero attached hydrogens (tertiary/aromatic N) is 2. The summed E-state index contributed by atoms with van der Waals surface area (Å²) in [5.41, 5.74) is 3.15. The standard InChI is InChI=1S/C24H22FN3O4S/c1-12-9-18(14(3)28(12)10-16-5-7-17(25)8-6-16)19(29)11-32-24(31)21-13(2)20-22(30)26-15(4)27-23(20)33-21/h5-9H,10-11H2,1-4H3,(H,26,27,30). The topological polar surface area (TPSA) is 94.0 Å². The highest BCUT2D eigenvalue weighted by atomic mass is 32.1. The zero-order chi connectivity index (χ0) is 23.9. The summed E-state index contributed by atoms with van der Waals surface area (Å²) >= 11 is 1.07. The number of rotatable bonds is 6. The number of Topliss-reactive ketones (excluding diaryl/α,β-unsaturated/α-hetero) is 1. The maximum absolute atomic E-state index is 13.2. The van der Waals surface area contributed by atoms with Crippen LogP contribution >= 0.6 is 11.3 Å². The van der Waals surface area contributed by atoms with Crippen molar-refractivity contribution in [2.75, 3.05) is 6.61 Å². The second-order valence-electron chi connectivity index (χ2n) is 7.88. The number of aromatic amines is 1. The highest BCUT2D eigenvalue weighted by Crippen LogP contribution is 2.27. The van der Waals surface area contributed by atoms with Crippen molar-refractivity contribution in [2.24, 2.45) is 0 Å². The van der Waals surface area contributed by atoms with Crippen LogP contribution in [0, 0.1) is 33.5 Å². The maximum atomic E-state index is 13.2. The number of carbonyl (C=O) groups is 2. The Morgan fingerprint density at radius 3 is 2.55 bits per heavy atom. The molecule has 4 rings (SSSR count). The second-order valence-corrected chi connectivity index (χ2v) is 8.88. The maximum Gasteiger partial charge on any atom is 0.349 e. The molecule has 33 heavy (non-hydrogen) atoms. The van der Waals surface area contributed by atoms with E-state index >= 15 is 0 Å². The first-order chi connectivity index (χ1) is 15.7. The van der Waals surface area contributed by atoms with Gasteiger partial charge in [-0.3, -0.25) is 9.59 Å². The number of carbonyl (C=O) groups excluding carboxylic acids is 2. The van der Waals surface area contributed by atoms with Crippen LogP contribution < -0.4 is 5.56 Å². The van der Waals surface area contributed by atoms with E-state index in [4.69, 9.17) is 4.74 Å². The minimum atomic E-state index is -0.666. The molecule has 1 N–H and O–H groups in total. The Morgan fingerprint density at radius 2 is 1.85 bits per heavy atom. The molecule has 0 aliphatic carbocycles. The molecule has 0 saturated heterocycles. The first-order valence-electron chi connectivity index (χ1n) is 10.3. The molecule has 4 aromatic rings. The molecule has 0 unspecified atom stereocenters. The van der Waals surface area contributed by atoms with E-state index in [2.05, 4.69) is 9.97 Å². The zero-order valence-corrected chi connectivity index (χ0v) is 19.4. The number of ether oxygens (including phenoxy) is 1. The van der Waals surface area contributed by atoms with Crippen molar-refractivity contribution in [3.63, 3.8) is 0 Å². The summed E-state index contributed by atoms with van der Waals surface area (Å²) in [6.07, 6.45) is 0. The number of aryl methyl sites for hydroxylation is 3. The van der Waals surface area contributed by atoms with Crippen LogP contribution in [-0.2, 0) is 11.3 Å². The Labute approximate surface area is 192 Å². The van der Waals surface area contributed by atoms with Crippen molar-refractivity contribution in [2.45, 2.75) is 34.2 Å². The number of benzene rings is 1. The van der Waals surface area contributed by atoms with Gasteiger partial charge >= 0.3 is 5.97 Å². The van der Waals surface area contributed by atoms with Crippen LogP contribution in [0.1, 0.15) is 48.4 Å². The van der Waals surface area contributed by atoms with Crippen molar-refractivity contribution in [3.8, 4) is 0 Å². The quantitative estimate of drug-likeness (QED) is 0.338. The molecule has 0 bridgehead atoms. The predicted octanol–water partition coefficient (Wildman–Crippen LogP) is 4.25. The molecular formula is C24H22FN3O4S. The fourth-order valence-electron chi connectivity index (χ4n) is 3.82. The molecule has 3 aromatic heterocycles. The fourth-order valence-corrected chi connectivity index (χ4v) is 4.94. The summed E-state index contributed by atoms with van der Waals surface area (Å²) in [5.74, 6) is -0.838. The molecule has 170 valence electrons. The van der Waals surface area contributed by atoms with Crippen molar-refractivity contribution in [1.82, 2.24) is 14.5 Å².